The van der Waals surface area contributed by atoms with E-state index in [1.165, 1.54) is 12.1 Å². The average Bonchev–Trinajstić information content (AvgIpc) is 2.71. The monoisotopic (exact) mass is 403 g/mol. The first-order valence-corrected chi connectivity index (χ1v) is 9.21. The number of nitrogens with zero attached hydrogens (tertiary/aromatic N) is 2. The summed E-state index contributed by atoms with van der Waals surface area (Å²) in [7, 11) is 0. The topological polar surface area (TPSA) is 85.6 Å². The first kappa shape index (κ1) is 25.9. The maximum atomic E-state index is 12.9. The zero-order valence-corrected chi connectivity index (χ0v) is 16.6. The second-order valence-corrected chi connectivity index (χ2v) is 5.29. The molecule has 1 fully saturated rings. The number of aliphatic hydroxyl groups excluding tert-OH is 1. The third-order valence-corrected chi connectivity index (χ3v) is 3.55. The lowest BCUT2D eigenvalue weighted by molar-refractivity contribution is -0.137. The summed E-state index contributed by atoms with van der Waals surface area (Å²) in [6.07, 6.45) is -6.09. The van der Waals surface area contributed by atoms with Crippen LogP contribution in [0.2, 0.25) is 0 Å². The normalized spacial score (nSPS) is 15.1. The standard InChI is InChI=1S/C15H16F3N3O3.2C2H6/c16-15(17,18)12-7-11(2-1-10(12)8-19)20-14(23)13(22)9-21-3-5-24-6-4-21;2*1-2/h1-2,7,13,22H,3-6,9H2,(H,20,23);2*1-2H3/t13-;;/m0../s1. The van der Waals surface area contributed by atoms with Crippen molar-refractivity contribution in [3.63, 3.8) is 0 Å². The summed E-state index contributed by atoms with van der Waals surface area (Å²) in [5.74, 6) is -0.806. The van der Waals surface area contributed by atoms with Crippen LogP contribution in [0.25, 0.3) is 0 Å². The lowest BCUT2D eigenvalue weighted by Gasteiger charge is -2.28. The van der Waals surface area contributed by atoms with Crippen molar-refractivity contribution in [1.82, 2.24) is 4.90 Å². The Bertz CT molecular complexity index is 640. The Morgan fingerprint density at radius 2 is 1.86 bits per heavy atom. The van der Waals surface area contributed by atoms with E-state index in [2.05, 4.69) is 5.32 Å². The van der Waals surface area contributed by atoms with Gasteiger partial charge in [-0.25, -0.2) is 0 Å². The van der Waals surface area contributed by atoms with Gasteiger partial charge in [0.2, 0.25) is 0 Å². The summed E-state index contributed by atoms with van der Waals surface area (Å²) in [5, 5.41) is 20.9. The number of nitriles is 1. The third kappa shape index (κ3) is 8.25. The van der Waals surface area contributed by atoms with Gasteiger partial charge in [-0.2, -0.15) is 18.4 Å². The highest BCUT2D eigenvalue weighted by Crippen LogP contribution is 2.33. The largest absolute Gasteiger partial charge is 0.417 e. The van der Waals surface area contributed by atoms with E-state index in [-0.39, 0.29) is 12.2 Å². The number of β-amino-alcohol motifs (C(OH)–C–C–N with tert-alkyl or cyclic N) is 1. The van der Waals surface area contributed by atoms with E-state index in [9.17, 15) is 23.1 Å². The molecule has 2 rings (SSSR count). The third-order valence-electron chi connectivity index (χ3n) is 3.55. The molecule has 0 radical (unpaired) electrons. The van der Waals surface area contributed by atoms with Crippen LogP contribution in [0.4, 0.5) is 18.9 Å². The van der Waals surface area contributed by atoms with Gasteiger partial charge in [-0.05, 0) is 18.2 Å². The Hall–Kier alpha value is -2.15. The van der Waals surface area contributed by atoms with E-state index in [1.807, 2.05) is 32.6 Å². The van der Waals surface area contributed by atoms with Gasteiger partial charge in [-0.3, -0.25) is 9.69 Å². The molecule has 1 amide bonds. The van der Waals surface area contributed by atoms with E-state index in [1.54, 1.807) is 0 Å². The molecule has 0 bridgehead atoms. The Labute approximate surface area is 163 Å². The first-order valence-electron chi connectivity index (χ1n) is 9.21. The van der Waals surface area contributed by atoms with E-state index in [0.717, 1.165) is 6.07 Å². The van der Waals surface area contributed by atoms with E-state index in [4.69, 9.17) is 10.00 Å². The van der Waals surface area contributed by atoms with Crippen molar-refractivity contribution >= 4 is 11.6 Å². The second kappa shape index (κ2) is 13.1. The molecule has 158 valence electrons. The van der Waals surface area contributed by atoms with Crippen molar-refractivity contribution in [3.8, 4) is 6.07 Å². The van der Waals surface area contributed by atoms with Crippen LogP contribution in [-0.4, -0.2) is 54.9 Å². The van der Waals surface area contributed by atoms with Gasteiger partial charge in [0, 0.05) is 25.3 Å². The van der Waals surface area contributed by atoms with Crippen LogP contribution < -0.4 is 5.32 Å². The zero-order chi connectivity index (χ0) is 21.7. The molecule has 0 spiro atoms. The molecule has 1 heterocycles. The molecule has 0 aliphatic carbocycles. The lowest BCUT2D eigenvalue weighted by Crippen LogP contribution is -2.44. The highest BCUT2D eigenvalue weighted by atomic mass is 19.4. The Balaban J connectivity index is 0.00000171. The van der Waals surface area contributed by atoms with Crippen LogP contribution in [0.15, 0.2) is 18.2 Å². The molecular weight excluding hydrogens is 375 g/mol. The van der Waals surface area contributed by atoms with Gasteiger partial charge in [-0.15, -0.1) is 0 Å². The van der Waals surface area contributed by atoms with E-state index < -0.39 is 29.3 Å². The molecule has 1 saturated heterocycles. The van der Waals surface area contributed by atoms with Crippen LogP contribution in [0.1, 0.15) is 38.8 Å². The second-order valence-electron chi connectivity index (χ2n) is 5.29. The predicted octanol–water partition coefficient (Wildman–Crippen LogP) is 3.26. The molecule has 1 aromatic carbocycles. The van der Waals surface area contributed by atoms with Crippen molar-refractivity contribution < 1.29 is 27.8 Å². The van der Waals surface area contributed by atoms with Gasteiger partial charge in [0.05, 0.1) is 30.4 Å². The molecule has 1 atom stereocenters. The minimum atomic E-state index is -4.71. The number of ether oxygens (including phenoxy) is 1. The number of morpholine rings is 1. The fourth-order valence-electron chi connectivity index (χ4n) is 2.29. The number of alkyl halides is 3. The number of halogens is 3. The Morgan fingerprint density at radius 3 is 2.36 bits per heavy atom. The van der Waals surface area contributed by atoms with Gasteiger partial charge in [0.15, 0.2) is 0 Å². The number of benzene rings is 1. The van der Waals surface area contributed by atoms with Crippen molar-refractivity contribution in [2.45, 2.75) is 40.0 Å². The minimum Gasteiger partial charge on any atom is -0.382 e. The van der Waals surface area contributed by atoms with Crippen LogP contribution in [-0.2, 0) is 15.7 Å². The number of amides is 1. The van der Waals surface area contributed by atoms with E-state index >= 15 is 0 Å². The summed E-state index contributed by atoms with van der Waals surface area (Å²) in [6.45, 7) is 10.2. The Morgan fingerprint density at radius 1 is 1.29 bits per heavy atom. The maximum absolute atomic E-state index is 12.9. The van der Waals surface area contributed by atoms with Crippen LogP contribution in [0.3, 0.4) is 0 Å². The lowest BCUT2D eigenvalue weighted by atomic mass is 10.1. The average molecular weight is 403 g/mol. The number of rotatable bonds is 4. The zero-order valence-electron chi connectivity index (χ0n) is 16.6. The molecule has 2 N–H and O–H groups in total. The summed E-state index contributed by atoms with van der Waals surface area (Å²) < 4.78 is 43.8. The van der Waals surface area contributed by atoms with Gasteiger partial charge >= 0.3 is 6.18 Å². The number of hydrogen-bond acceptors (Lipinski definition) is 5. The molecule has 1 aliphatic heterocycles. The van der Waals surface area contributed by atoms with Crippen LogP contribution >= 0.6 is 0 Å². The molecule has 6 nitrogen and oxygen atoms in total. The SMILES string of the molecule is CC.CC.N#Cc1ccc(NC(=O)[C@@H](O)CN2CCOCC2)cc1C(F)(F)F. The highest BCUT2D eigenvalue weighted by Gasteiger charge is 2.34. The molecule has 1 aromatic rings. The molecule has 0 saturated carbocycles. The van der Waals surface area contributed by atoms with Gasteiger partial charge < -0.3 is 15.2 Å². The van der Waals surface area contributed by atoms with E-state index in [0.29, 0.717) is 32.4 Å². The summed E-state index contributed by atoms with van der Waals surface area (Å²) in [6, 6.07) is 4.30. The molecule has 1 aliphatic rings. The van der Waals surface area contributed by atoms with Crippen molar-refractivity contribution in [2.24, 2.45) is 0 Å². The number of anilines is 1. The molecular formula is C19H28F3N3O3. The predicted molar refractivity (Wildman–Crippen MR) is 101 cm³/mol. The van der Waals surface area contributed by atoms with Crippen LogP contribution in [0, 0.1) is 11.3 Å². The molecule has 0 unspecified atom stereocenters. The summed E-state index contributed by atoms with van der Waals surface area (Å²) in [5.41, 5.74) is -1.80. The quantitative estimate of drug-likeness (QED) is 0.806. The van der Waals surface area contributed by atoms with Gasteiger partial charge in [-0.1, -0.05) is 27.7 Å². The smallest absolute Gasteiger partial charge is 0.382 e. The van der Waals surface area contributed by atoms with Crippen molar-refractivity contribution in [3.05, 3.63) is 29.3 Å². The fourth-order valence-corrected chi connectivity index (χ4v) is 2.29. The highest BCUT2D eigenvalue weighted by molar-refractivity contribution is 5.94. The number of carbonyl (C=O) groups excluding carboxylic acids is 1. The number of carbonyl (C=O) groups is 1. The van der Waals surface area contributed by atoms with Crippen LogP contribution in [0.5, 0.6) is 0 Å². The van der Waals surface area contributed by atoms with Gasteiger partial charge in [0.1, 0.15) is 6.10 Å². The number of aliphatic hydroxyl groups is 1. The number of nitrogens with one attached hydrogen (secondary N) is 1. The summed E-state index contributed by atoms with van der Waals surface area (Å²) >= 11 is 0. The fraction of sp³-hybridized carbons (Fsp3) is 0.579. The summed E-state index contributed by atoms with van der Waals surface area (Å²) in [4.78, 5) is 13.8. The first-order chi connectivity index (χ1) is 13.3. The van der Waals surface area contributed by atoms with Gasteiger partial charge in [0.25, 0.3) is 5.91 Å². The Kier molecular flexibility index (Phi) is 12.1. The van der Waals surface area contributed by atoms with Crippen molar-refractivity contribution in [1.29, 1.82) is 5.26 Å². The molecule has 28 heavy (non-hydrogen) atoms. The molecule has 0 aromatic heterocycles. The van der Waals surface area contributed by atoms with Crippen molar-refractivity contribution in [2.75, 3.05) is 38.2 Å². The minimum absolute atomic E-state index is 0.0671. The number of hydrogen-bond donors (Lipinski definition) is 2. The maximum Gasteiger partial charge on any atom is 0.417 e. The molecule has 9 heteroatoms.